The Balaban J connectivity index is 0.00000381. The van der Waals surface area contributed by atoms with E-state index >= 15 is 0 Å². The van der Waals surface area contributed by atoms with E-state index in [1.165, 1.54) is 0 Å². The maximum atomic E-state index is 14.3. The number of halogens is 14. The van der Waals surface area contributed by atoms with Gasteiger partial charge in [-0.1, -0.05) is 0 Å². The molecule has 0 radical (unpaired) electrons. The monoisotopic (exact) mass is 1100 g/mol. The first-order valence-electron chi connectivity index (χ1n) is 22.9. The molecule has 0 aliphatic heterocycles. The van der Waals surface area contributed by atoms with Crippen LogP contribution < -0.4 is 0 Å². The minimum absolute atomic E-state index is 0. The van der Waals surface area contributed by atoms with Gasteiger partial charge in [0.05, 0.1) is 0 Å². The minimum Gasteiger partial charge on any atom is -0.147 e. The maximum absolute atomic E-state index is 14.3. The molecule has 0 bridgehead atoms. The van der Waals surface area contributed by atoms with Gasteiger partial charge in [-0.15, -0.1) is 24.8 Å². The summed E-state index contributed by atoms with van der Waals surface area (Å²) in [6, 6.07) is 10.9. The molecule has 2 atom stereocenters. The van der Waals surface area contributed by atoms with Gasteiger partial charge < -0.3 is 0 Å². The van der Waals surface area contributed by atoms with Crippen LogP contribution in [0.4, 0.5) is 52.7 Å². The standard InChI is InChI=1S/2C25H23F6.2CH3.2ClH.H2Si.Zr/c2*1-15-7-18-10-17(9-16-5-3-2-4-6-16)11-23(18)22(8-15)19-12-20(24(26,27)28)14-21(13-19)25(29,30)31;;;;;;/h2*7-8,10-14,16H,2-6,9H2,1H3;2*1H3;2*1H;1H2;. The fraction of sp³-hybridized carbons (Fsp3) is 0.462. The van der Waals surface area contributed by atoms with Gasteiger partial charge in [0.2, 0.25) is 0 Å². The quantitative estimate of drug-likeness (QED) is 0.122. The normalized spacial score (nSPS) is 19.7. The van der Waals surface area contributed by atoms with Crippen LogP contribution in [0, 0.1) is 25.7 Å². The van der Waals surface area contributed by atoms with E-state index in [-0.39, 0.29) is 66.5 Å². The van der Waals surface area contributed by atoms with Crippen molar-refractivity contribution in [2.24, 2.45) is 11.8 Å². The van der Waals surface area contributed by atoms with Crippen molar-refractivity contribution >= 4 is 43.8 Å². The van der Waals surface area contributed by atoms with E-state index < -0.39 is 64.4 Å². The van der Waals surface area contributed by atoms with Crippen LogP contribution in [-0.4, -0.2) is 6.88 Å². The number of alkyl halides is 12. The zero-order valence-corrected chi connectivity index (χ0v) is 43.8. The molecule has 0 N–H and O–H groups in total. The van der Waals surface area contributed by atoms with Gasteiger partial charge in [0.15, 0.2) is 0 Å². The van der Waals surface area contributed by atoms with Gasteiger partial charge in [-0.25, -0.2) is 0 Å². The Labute approximate surface area is 405 Å². The molecule has 8 rings (SSSR count). The number of hydrogen-bond donors (Lipinski definition) is 0. The molecule has 4 aliphatic carbocycles. The molecule has 16 heteroatoms. The number of benzene rings is 4. The zero-order chi connectivity index (χ0) is 48.0. The Morgan fingerprint density at radius 2 is 0.750 bits per heavy atom. The molecule has 0 heterocycles. The summed E-state index contributed by atoms with van der Waals surface area (Å²) in [5.74, 6) is 0.632. The summed E-state index contributed by atoms with van der Waals surface area (Å²) in [5.41, 5.74) is 1.08. The molecule has 0 saturated heterocycles. The smallest absolute Gasteiger partial charge is 0.147 e. The predicted molar refractivity (Wildman–Crippen MR) is 252 cm³/mol. The minimum atomic E-state index is -5.04. The van der Waals surface area contributed by atoms with Gasteiger partial charge in [-0.3, -0.25) is 0 Å². The molecule has 4 aromatic carbocycles. The van der Waals surface area contributed by atoms with E-state index in [0.717, 1.165) is 111 Å². The Bertz CT molecular complexity index is 2450. The van der Waals surface area contributed by atoms with Crippen molar-refractivity contribution in [1.82, 2.24) is 0 Å². The van der Waals surface area contributed by atoms with Gasteiger partial charge in [0.1, 0.15) is 0 Å². The van der Waals surface area contributed by atoms with E-state index in [9.17, 15) is 52.7 Å². The van der Waals surface area contributed by atoms with E-state index in [0.29, 0.717) is 46.9 Å². The zero-order valence-electron chi connectivity index (χ0n) is 38.3. The second-order valence-corrected chi connectivity index (χ2v) is 51.3. The van der Waals surface area contributed by atoms with Crippen LogP contribution in [0.3, 0.4) is 0 Å². The molecular weight excluding hydrogens is 1040 g/mol. The Morgan fingerprint density at radius 3 is 1.03 bits per heavy atom. The second-order valence-electron chi connectivity index (χ2n) is 20.9. The maximum Gasteiger partial charge on any atom is -0.147 e. The van der Waals surface area contributed by atoms with Gasteiger partial charge in [-0.2, -0.15) is 0 Å². The van der Waals surface area contributed by atoms with Crippen LogP contribution in [0.2, 0.25) is 9.26 Å². The predicted octanol–water partition coefficient (Wildman–Crippen LogP) is 18.4. The number of aryl methyl sites for hydroxylation is 2. The molecule has 4 aromatic rings. The summed E-state index contributed by atoms with van der Waals surface area (Å²) in [6.07, 6.45) is -4.38. The molecule has 0 nitrogen and oxygen atoms in total. The summed E-state index contributed by atoms with van der Waals surface area (Å²) < 4.78 is 176. The number of hydrogen-bond acceptors (Lipinski definition) is 0. The average molecular weight is 1100 g/mol. The molecular formula is C52H56Cl2F12SiZr. The van der Waals surface area contributed by atoms with Crippen molar-refractivity contribution in [2.45, 2.75) is 132 Å². The third-order valence-corrected chi connectivity index (χ3v) is 32.4. The van der Waals surface area contributed by atoms with Crippen LogP contribution in [0.1, 0.15) is 140 Å². The van der Waals surface area contributed by atoms with E-state index in [1.807, 2.05) is 31.2 Å². The van der Waals surface area contributed by atoms with E-state index in [2.05, 4.69) is 9.26 Å². The van der Waals surface area contributed by atoms with Crippen LogP contribution >= 0.6 is 24.8 Å². The number of allylic oxidation sites excluding steroid dienone is 2. The number of rotatable bonds is 8. The van der Waals surface area contributed by atoms with Crippen molar-refractivity contribution in [1.29, 1.82) is 0 Å². The molecule has 0 amide bonds. The summed E-state index contributed by atoms with van der Waals surface area (Å²) in [6.45, 7) is 5.60. The molecule has 68 heavy (non-hydrogen) atoms. The summed E-state index contributed by atoms with van der Waals surface area (Å²) >= 11 is -4.77. The van der Waals surface area contributed by atoms with E-state index in [1.54, 1.807) is 26.0 Å². The third kappa shape index (κ3) is 11.0. The molecule has 2 saturated carbocycles. The molecule has 0 spiro atoms. The third-order valence-electron chi connectivity index (χ3n) is 14.9. The fourth-order valence-electron chi connectivity index (χ4n) is 12.3. The molecule has 0 aromatic heterocycles. The van der Waals surface area contributed by atoms with Gasteiger partial charge in [-0.05, 0) is 0 Å². The van der Waals surface area contributed by atoms with Gasteiger partial charge in [0.25, 0.3) is 0 Å². The summed E-state index contributed by atoms with van der Waals surface area (Å²) in [4.78, 5) is 0. The summed E-state index contributed by atoms with van der Waals surface area (Å²) in [7, 11) is 0. The summed E-state index contributed by atoms with van der Waals surface area (Å²) in [5, 5.41) is 0. The van der Waals surface area contributed by atoms with Crippen LogP contribution in [0.15, 0.2) is 71.8 Å². The molecule has 2 fully saturated rings. The van der Waals surface area contributed by atoms with Crippen LogP contribution in [0.5, 0.6) is 0 Å². The SMILES string of the molecule is Cc1cc(-c2cc(C(F)(F)F)cc(C(F)(F)F)c2)c2c(c1)[CH]([Zr]([CH3])([CH3])(=[SiH2])[CH]1C(CC3CCCCC3)=Cc3c(-c4cc(C(F)(F)F)cc(C(F)(F)F)c4)cc(C)cc31)C(CC1CCCCC1)=C2.Cl.Cl. The molecule has 2 unspecified atom stereocenters. The largest absolute Gasteiger partial charge is 0.147 e. The first kappa shape index (κ1) is 54.5. The first-order chi connectivity index (χ1) is 30.6. The van der Waals surface area contributed by atoms with Gasteiger partial charge in [0, 0.05) is 0 Å². The second kappa shape index (κ2) is 19.3. The Hall–Kier alpha value is -2.80. The van der Waals surface area contributed by atoms with E-state index in [4.69, 9.17) is 0 Å². The number of fused-ring (bicyclic) bond motifs is 2. The Morgan fingerprint density at radius 1 is 0.456 bits per heavy atom. The topological polar surface area (TPSA) is 0 Å². The van der Waals surface area contributed by atoms with Crippen LogP contribution in [-0.2, 0) is 42.1 Å². The molecule has 4 aliphatic rings. The van der Waals surface area contributed by atoms with Crippen molar-refractivity contribution in [3.05, 3.63) is 127 Å². The van der Waals surface area contributed by atoms with Crippen molar-refractivity contribution in [2.75, 3.05) is 0 Å². The first-order valence-corrected chi connectivity index (χ1v) is 36.6. The molecule has 370 valence electrons. The van der Waals surface area contributed by atoms with Crippen molar-refractivity contribution < 1.29 is 70.1 Å². The average Bonchev–Trinajstić information content (AvgIpc) is 3.78. The fourth-order valence-corrected chi connectivity index (χ4v) is 32.0. The van der Waals surface area contributed by atoms with Crippen molar-refractivity contribution in [3.63, 3.8) is 0 Å². The van der Waals surface area contributed by atoms with Crippen LogP contribution in [0.25, 0.3) is 34.4 Å². The van der Waals surface area contributed by atoms with Crippen molar-refractivity contribution in [3.8, 4) is 22.3 Å². The Kier molecular flexibility index (Phi) is 15.5. The van der Waals surface area contributed by atoms with Gasteiger partial charge >= 0.3 is 383 Å².